The molecule has 7 nitrogen and oxygen atoms in total. The van der Waals surface area contributed by atoms with Gasteiger partial charge >= 0.3 is 6.09 Å². The van der Waals surface area contributed by atoms with Crippen LogP contribution in [0, 0.1) is 15.9 Å². The normalized spacial score (nSPS) is 10.1. The number of anilines is 1. The number of rotatable bonds is 4. The van der Waals surface area contributed by atoms with E-state index in [1.165, 1.54) is 24.3 Å². The maximum atomic E-state index is 13.7. The SMILES string of the molecule is O=C(O)Nc1ccc(Oc2ccc([N+](=O)[O-])cc2Cl)cc1F. The van der Waals surface area contributed by atoms with Crippen LogP contribution in [0.25, 0.3) is 0 Å². The summed E-state index contributed by atoms with van der Waals surface area (Å²) in [7, 11) is 0. The zero-order valence-corrected chi connectivity index (χ0v) is 11.5. The topological polar surface area (TPSA) is 102 Å². The quantitative estimate of drug-likeness (QED) is 0.645. The molecule has 0 saturated carbocycles. The van der Waals surface area contributed by atoms with Crippen LogP contribution in [0.3, 0.4) is 0 Å². The summed E-state index contributed by atoms with van der Waals surface area (Å²) in [4.78, 5) is 20.4. The minimum atomic E-state index is -1.40. The van der Waals surface area contributed by atoms with Crippen molar-refractivity contribution in [2.24, 2.45) is 0 Å². The molecular weight excluding hydrogens is 319 g/mol. The molecule has 9 heteroatoms. The van der Waals surface area contributed by atoms with E-state index >= 15 is 0 Å². The van der Waals surface area contributed by atoms with Gasteiger partial charge in [0.2, 0.25) is 0 Å². The van der Waals surface area contributed by atoms with Gasteiger partial charge in [0, 0.05) is 18.2 Å². The number of nitrogens with zero attached hydrogens (tertiary/aromatic N) is 1. The number of halogens is 2. The van der Waals surface area contributed by atoms with Crippen molar-refractivity contribution < 1.29 is 24.0 Å². The van der Waals surface area contributed by atoms with Crippen LogP contribution in [0.2, 0.25) is 5.02 Å². The summed E-state index contributed by atoms with van der Waals surface area (Å²) in [6.07, 6.45) is -1.40. The lowest BCUT2D eigenvalue weighted by atomic mass is 10.2. The number of ether oxygens (including phenoxy) is 1. The van der Waals surface area contributed by atoms with Crippen molar-refractivity contribution in [3.05, 3.63) is 57.4 Å². The number of non-ortho nitro benzene ring substituents is 1. The van der Waals surface area contributed by atoms with Gasteiger partial charge in [0.25, 0.3) is 5.69 Å². The number of benzene rings is 2. The highest BCUT2D eigenvalue weighted by atomic mass is 35.5. The molecule has 22 heavy (non-hydrogen) atoms. The Bertz CT molecular complexity index is 753. The minimum Gasteiger partial charge on any atom is -0.465 e. The molecule has 0 radical (unpaired) electrons. The van der Waals surface area contributed by atoms with Crippen LogP contribution < -0.4 is 10.1 Å². The highest BCUT2D eigenvalue weighted by molar-refractivity contribution is 6.32. The zero-order valence-electron chi connectivity index (χ0n) is 10.7. The summed E-state index contributed by atoms with van der Waals surface area (Å²) in [5, 5.41) is 21.0. The van der Waals surface area contributed by atoms with E-state index in [-0.39, 0.29) is 27.9 Å². The van der Waals surface area contributed by atoms with Crippen molar-refractivity contribution in [1.82, 2.24) is 0 Å². The molecule has 0 bridgehead atoms. The van der Waals surface area contributed by atoms with Gasteiger partial charge in [-0.1, -0.05) is 11.6 Å². The third-order valence-electron chi connectivity index (χ3n) is 2.54. The zero-order chi connectivity index (χ0) is 16.3. The van der Waals surface area contributed by atoms with Crippen LogP contribution in [0.1, 0.15) is 0 Å². The number of amides is 1. The Morgan fingerprint density at radius 3 is 2.59 bits per heavy atom. The molecule has 114 valence electrons. The molecule has 2 aromatic carbocycles. The lowest BCUT2D eigenvalue weighted by molar-refractivity contribution is -0.384. The van der Waals surface area contributed by atoms with E-state index in [4.69, 9.17) is 21.4 Å². The lowest BCUT2D eigenvalue weighted by Gasteiger charge is -2.09. The second-order valence-electron chi connectivity index (χ2n) is 4.05. The first-order valence-corrected chi connectivity index (χ1v) is 6.16. The molecule has 2 N–H and O–H groups in total. The fourth-order valence-corrected chi connectivity index (χ4v) is 1.80. The van der Waals surface area contributed by atoms with E-state index in [9.17, 15) is 19.3 Å². The molecular formula is C13H8ClFN2O5. The second kappa shape index (κ2) is 6.27. The molecule has 0 spiro atoms. The van der Waals surface area contributed by atoms with Crippen molar-refractivity contribution in [3.63, 3.8) is 0 Å². The number of nitro groups is 1. The number of hydrogen-bond donors (Lipinski definition) is 2. The molecule has 0 unspecified atom stereocenters. The van der Waals surface area contributed by atoms with Crippen LogP contribution >= 0.6 is 11.6 Å². The maximum Gasteiger partial charge on any atom is 0.409 e. The van der Waals surface area contributed by atoms with Crippen LogP contribution in [0.4, 0.5) is 20.6 Å². The standard InChI is InChI=1S/C13H8ClFN2O5/c14-9-5-7(17(20)21)1-4-12(9)22-8-2-3-11(10(15)6-8)16-13(18)19/h1-6,16H,(H,18,19). The molecule has 0 fully saturated rings. The van der Waals surface area contributed by atoms with Crippen molar-refractivity contribution >= 4 is 29.1 Å². The third kappa shape index (κ3) is 3.61. The van der Waals surface area contributed by atoms with Gasteiger partial charge in [0.15, 0.2) is 5.82 Å². The Morgan fingerprint density at radius 1 is 1.32 bits per heavy atom. The summed E-state index contributed by atoms with van der Waals surface area (Å²) in [6, 6.07) is 7.04. The Labute approximate surface area is 128 Å². The summed E-state index contributed by atoms with van der Waals surface area (Å²) in [5.41, 5.74) is -0.431. The minimum absolute atomic E-state index is 0.0117. The smallest absolute Gasteiger partial charge is 0.409 e. The fraction of sp³-hybridized carbons (Fsp3) is 0. The van der Waals surface area contributed by atoms with Crippen molar-refractivity contribution in [2.75, 3.05) is 5.32 Å². The van der Waals surface area contributed by atoms with E-state index in [0.717, 1.165) is 12.1 Å². The van der Waals surface area contributed by atoms with Crippen LogP contribution in [0.15, 0.2) is 36.4 Å². The Kier molecular flexibility index (Phi) is 4.42. The molecule has 0 saturated heterocycles. The first kappa shape index (κ1) is 15.5. The molecule has 0 aliphatic carbocycles. The fourth-order valence-electron chi connectivity index (χ4n) is 1.59. The van der Waals surface area contributed by atoms with Gasteiger partial charge in [-0.3, -0.25) is 15.4 Å². The monoisotopic (exact) mass is 326 g/mol. The predicted octanol–water partition coefficient (Wildman–Crippen LogP) is 4.27. The van der Waals surface area contributed by atoms with Crippen molar-refractivity contribution in [1.29, 1.82) is 0 Å². The van der Waals surface area contributed by atoms with Gasteiger partial charge in [0.05, 0.1) is 15.6 Å². The largest absolute Gasteiger partial charge is 0.465 e. The molecule has 1 amide bonds. The average molecular weight is 327 g/mol. The van der Waals surface area contributed by atoms with Crippen molar-refractivity contribution in [3.8, 4) is 11.5 Å². The van der Waals surface area contributed by atoms with Gasteiger partial charge in [-0.2, -0.15) is 0 Å². The van der Waals surface area contributed by atoms with Crippen LogP contribution in [0.5, 0.6) is 11.5 Å². The van der Waals surface area contributed by atoms with E-state index in [1.807, 2.05) is 5.32 Å². The molecule has 0 aromatic heterocycles. The molecule has 2 aromatic rings. The van der Waals surface area contributed by atoms with E-state index in [0.29, 0.717) is 0 Å². The second-order valence-corrected chi connectivity index (χ2v) is 4.45. The van der Waals surface area contributed by atoms with Crippen molar-refractivity contribution in [2.45, 2.75) is 0 Å². The predicted molar refractivity (Wildman–Crippen MR) is 76.2 cm³/mol. The van der Waals surface area contributed by atoms with Crippen LogP contribution in [-0.4, -0.2) is 16.1 Å². The van der Waals surface area contributed by atoms with E-state index < -0.39 is 16.8 Å². The Hall–Kier alpha value is -2.87. The highest BCUT2D eigenvalue weighted by Crippen LogP contribution is 2.33. The van der Waals surface area contributed by atoms with Gasteiger partial charge in [-0.15, -0.1) is 0 Å². The summed E-state index contributed by atoms with van der Waals surface area (Å²) in [5.74, 6) is -0.673. The van der Waals surface area contributed by atoms with E-state index in [2.05, 4.69) is 0 Å². The highest BCUT2D eigenvalue weighted by Gasteiger charge is 2.12. The summed E-state index contributed by atoms with van der Waals surface area (Å²) < 4.78 is 19.0. The van der Waals surface area contributed by atoms with E-state index in [1.54, 1.807) is 0 Å². The third-order valence-corrected chi connectivity index (χ3v) is 2.83. The summed E-state index contributed by atoms with van der Waals surface area (Å²) in [6.45, 7) is 0. The molecule has 2 rings (SSSR count). The van der Waals surface area contributed by atoms with Gasteiger partial charge < -0.3 is 9.84 Å². The van der Waals surface area contributed by atoms with Gasteiger partial charge in [-0.05, 0) is 18.2 Å². The molecule has 0 heterocycles. The van der Waals surface area contributed by atoms with Crippen LogP contribution in [-0.2, 0) is 0 Å². The average Bonchev–Trinajstić information content (AvgIpc) is 2.43. The first-order chi connectivity index (χ1) is 10.4. The number of nitrogens with one attached hydrogen (secondary N) is 1. The summed E-state index contributed by atoms with van der Waals surface area (Å²) >= 11 is 5.85. The number of carbonyl (C=O) groups is 1. The number of hydrogen-bond acceptors (Lipinski definition) is 4. The van der Waals surface area contributed by atoms with Gasteiger partial charge in [0.1, 0.15) is 11.5 Å². The molecule has 0 aliphatic heterocycles. The Morgan fingerprint density at radius 2 is 2.05 bits per heavy atom. The lowest BCUT2D eigenvalue weighted by Crippen LogP contribution is -2.08. The first-order valence-electron chi connectivity index (χ1n) is 5.78. The van der Waals surface area contributed by atoms with Gasteiger partial charge in [-0.25, -0.2) is 9.18 Å². The number of carboxylic acid groups (broad SMARTS) is 1. The Balaban J connectivity index is 2.22. The maximum absolute atomic E-state index is 13.7. The molecule has 0 aliphatic rings. The molecule has 0 atom stereocenters. The number of nitro benzene ring substituents is 1.